The molecule has 32 heavy (non-hydrogen) atoms. The van der Waals surface area contributed by atoms with E-state index in [0.717, 1.165) is 5.01 Å². The molecule has 0 radical (unpaired) electrons. The molecule has 1 amide bonds. The van der Waals surface area contributed by atoms with Gasteiger partial charge in [0.25, 0.3) is 5.91 Å². The van der Waals surface area contributed by atoms with Gasteiger partial charge in [0.1, 0.15) is 11.8 Å². The highest BCUT2D eigenvalue weighted by atomic mass is 19.4. The van der Waals surface area contributed by atoms with E-state index in [0.29, 0.717) is 6.07 Å². The third-order valence-electron chi connectivity index (χ3n) is 3.73. The molecular formula is C20H20F3N5O4. The number of hydrogen-bond donors (Lipinski definition) is 2. The van der Waals surface area contributed by atoms with Gasteiger partial charge in [-0.1, -0.05) is 20.8 Å². The summed E-state index contributed by atoms with van der Waals surface area (Å²) in [6.45, 7) is 4.92. The summed E-state index contributed by atoms with van der Waals surface area (Å²) in [6, 6.07) is 7.63. The number of benzene rings is 1. The number of nitrogens with one attached hydrogen (secondary N) is 1. The van der Waals surface area contributed by atoms with Gasteiger partial charge in [-0.05, 0) is 29.7 Å². The number of carboxylic acids is 1. The molecule has 0 saturated carbocycles. The number of carbonyl (C=O) groups excluding carboxylic acids is 1. The number of nitriles is 1. The Morgan fingerprint density at radius 3 is 2.31 bits per heavy atom. The number of hydrogen-bond acceptors (Lipinski definition) is 7. The van der Waals surface area contributed by atoms with Crippen molar-refractivity contribution in [1.29, 1.82) is 5.26 Å². The van der Waals surface area contributed by atoms with Crippen molar-refractivity contribution in [3.63, 3.8) is 0 Å². The number of hydrazine groups is 1. The van der Waals surface area contributed by atoms with Crippen LogP contribution in [0.25, 0.3) is 0 Å². The van der Waals surface area contributed by atoms with Crippen molar-refractivity contribution in [3.05, 3.63) is 47.4 Å². The maximum absolute atomic E-state index is 13.2. The minimum Gasteiger partial charge on any atom is -0.482 e. The molecule has 2 aromatic rings. The number of amides is 1. The topological polar surface area (TPSA) is 128 Å². The van der Waals surface area contributed by atoms with Gasteiger partial charge in [0.2, 0.25) is 5.82 Å². The Bertz CT molecular complexity index is 1030. The predicted molar refractivity (Wildman–Crippen MR) is 106 cm³/mol. The maximum Gasteiger partial charge on any atom is 0.433 e. The Labute approximate surface area is 181 Å². The minimum atomic E-state index is -4.81. The lowest BCUT2D eigenvalue weighted by atomic mass is 9.96. The van der Waals surface area contributed by atoms with Crippen LogP contribution in [0.2, 0.25) is 0 Å². The number of aromatic nitrogens is 2. The third-order valence-corrected chi connectivity index (χ3v) is 3.73. The molecule has 0 spiro atoms. The lowest BCUT2D eigenvalue weighted by Gasteiger charge is -2.31. The molecule has 1 aromatic heterocycles. The second-order valence-corrected chi connectivity index (χ2v) is 7.84. The van der Waals surface area contributed by atoms with Crippen molar-refractivity contribution in [2.75, 3.05) is 18.2 Å². The molecule has 1 aromatic carbocycles. The Morgan fingerprint density at radius 2 is 1.81 bits per heavy atom. The minimum absolute atomic E-state index is 0.0672. The monoisotopic (exact) mass is 451 g/mol. The average Bonchev–Trinajstić information content (AvgIpc) is 2.70. The van der Waals surface area contributed by atoms with Crippen molar-refractivity contribution in [2.45, 2.75) is 26.9 Å². The number of aliphatic carboxylic acids is 1. The molecule has 9 nitrogen and oxygen atoms in total. The van der Waals surface area contributed by atoms with Crippen LogP contribution >= 0.6 is 0 Å². The maximum atomic E-state index is 13.2. The zero-order chi connectivity index (χ0) is 24.1. The smallest absolute Gasteiger partial charge is 0.433 e. The van der Waals surface area contributed by atoms with Crippen LogP contribution in [0.4, 0.5) is 19.0 Å². The van der Waals surface area contributed by atoms with E-state index in [2.05, 4.69) is 15.4 Å². The molecule has 12 heteroatoms. The van der Waals surface area contributed by atoms with Gasteiger partial charge in [-0.3, -0.25) is 15.2 Å². The number of anilines is 1. The molecule has 0 saturated heterocycles. The molecule has 0 aliphatic heterocycles. The third kappa shape index (κ3) is 7.12. The fourth-order valence-corrected chi connectivity index (χ4v) is 2.45. The second-order valence-electron chi connectivity index (χ2n) is 7.84. The van der Waals surface area contributed by atoms with Crippen LogP contribution in [0.5, 0.6) is 5.75 Å². The Balaban J connectivity index is 2.33. The highest BCUT2D eigenvalue weighted by Crippen LogP contribution is 2.30. The number of alkyl halides is 3. The molecule has 0 fully saturated rings. The van der Waals surface area contributed by atoms with Gasteiger partial charge in [0.05, 0.1) is 0 Å². The zero-order valence-corrected chi connectivity index (χ0v) is 17.4. The standard InChI is InChI=1S/C20H20F3N5O4/c1-19(2,3)11-28(16-8-14(20(21,22)23)25-15(9-24)26-16)27-18(31)12-4-6-13(7-5-12)32-10-17(29)30/h4-8H,10-11H2,1-3H3,(H,27,31)(H,29,30). The first kappa shape index (κ1) is 24.4. The number of nitrogens with zero attached hydrogens (tertiary/aromatic N) is 4. The molecule has 0 atom stereocenters. The Hall–Kier alpha value is -3.88. The van der Waals surface area contributed by atoms with E-state index < -0.39 is 41.6 Å². The summed E-state index contributed by atoms with van der Waals surface area (Å²) in [6.07, 6.45) is -4.81. The molecule has 2 rings (SSSR count). The molecule has 170 valence electrons. The van der Waals surface area contributed by atoms with Crippen LogP contribution in [0, 0.1) is 16.7 Å². The van der Waals surface area contributed by atoms with Crippen LogP contribution in [0.15, 0.2) is 30.3 Å². The molecule has 0 bridgehead atoms. The van der Waals surface area contributed by atoms with Crippen molar-refractivity contribution in [1.82, 2.24) is 15.4 Å². The highest BCUT2D eigenvalue weighted by Gasteiger charge is 2.35. The van der Waals surface area contributed by atoms with Crippen LogP contribution in [0.1, 0.15) is 42.6 Å². The number of halogens is 3. The summed E-state index contributed by atoms with van der Waals surface area (Å²) >= 11 is 0. The van der Waals surface area contributed by atoms with E-state index in [4.69, 9.17) is 15.1 Å². The Kier molecular flexibility index (Phi) is 7.24. The summed E-state index contributed by atoms with van der Waals surface area (Å²) in [5.41, 5.74) is 0.847. The van der Waals surface area contributed by atoms with Crippen LogP contribution in [-0.4, -0.2) is 40.1 Å². The number of carboxylic acid groups (broad SMARTS) is 1. The summed E-state index contributed by atoms with van der Waals surface area (Å²) in [5, 5.41) is 18.8. The second kappa shape index (κ2) is 9.51. The summed E-state index contributed by atoms with van der Waals surface area (Å²) < 4.78 is 44.6. The van der Waals surface area contributed by atoms with Crippen molar-refractivity contribution in [2.24, 2.45) is 5.41 Å². The van der Waals surface area contributed by atoms with Gasteiger partial charge in [-0.2, -0.15) is 23.4 Å². The predicted octanol–water partition coefficient (Wildman–Crippen LogP) is 3.03. The first-order valence-electron chi connectivity index (χ1n) is 9.18. The van der Waals surface area contributed by atoms with Gasteiger partial charge < -0.3 is 9.84 Å². The highest BCUT2D eigenvalue weighted by molar-refractivity contribution is 5.95. The lowest BCUT2D eigenvalue weighted by Crippen LogP contribution is -2.47. The Morgan fingerprint density at radius 1 is 1.19 bits per heavy atom. The summed E-state index contributed by atoms with van der Waals surface area (Å²) in [4.78, 5) is 30.3. The molecule has 1 heterocycles. The summed E-state index contributed by atoms with van der Waals surface area (Å²) in [7, 11) is 0. The van der Waals surface area contributed by atoms with Crippen LogP contribution in [0.3, 0.4) is 0 Å². The van der Waals surface area contributed by atoms with E-state index in [1.54, 1.807) is 20.8 Å². The molecule has 0 aliphatic carbocycles. The SMILES string of the molecule is CC(C)(C)CN(NC(=O)c1ccc(OCC(=O)O)cc1)c1cc(C(F)(F)F)nc(C#N)n1. The number of carbonyl (C=O) groups is 2. The first-order valence-corrected chi connectivity index (χ1v) is 9.18. The molecule has 0 aliphatic rings. The molecule has 2 N–H and O–H groups in total. The number of ether oxygens (including phenoxy) is 1. The zero-order valence-electron chi connectivity index (χ0n) is 17.4. The number of rotatable bonds is 7. The van der Waals surface area contributed by atoms with E-state index in [1.807, 2.05) is 0 Å². The van der Waals surface area contributed by atoms with E-state index >= 15 is 0 Å². The van der Waals surface area contributed by atoms with Crippen LogP contribution < -0.4 is 15.2 Å². The van der Waals surface area contributed by atoms with Crippen molar-refractivity contribution < 1.29 is 32.6 Å². The van der Waals surface area contributed by atoms with E-state index in [1.165, 1.54) is 30.3 Å². The largest absolute Gasteiger partial charge is 0.482 e. The van der Waals surface area contributed by atoms with Gasteiger partial charge >= 0.3 is 12.1 Å². The van der Waals surface area contributed by atoms with Gasteiger partial charge in [0, 0.05) is 18.2 Å². The quantitative estimate of drug-likeness (QED) is 0.615. The van der Waals surface area contributed by atoms with E-state index in [9.17, 15) is 22.8 Å². The lowest BCUT2D eigenvalue weighted by molar-refractivity contribution is -0.141. The first-order chi connectivity index (χ1) is 14.8. The van der Waals surface area contributed by atoms with Gasteiger partial charge in [-0.15, -0.1) is 0 Å². The van der Waals surface area contributed by atoms with Gasteiger partial charge in [-0.25, -0.2) is 9.78 Å². The summed E-state index contributed by atoms with van der Waals surface area (Å²) in [5.74, 6) is -2.59. The average molecular weight is 451 g/mol. The fourth-order valence-electron chi connectivity index (χ4n) is 2.45. The van der Waals surface area contributed by atoms with Crippen molar-refractivity contribution >= 4 is 17.7 Å². The van der Waals surface area contributed by atoms with Crippen molar-refractivity contribution in [3.8, 4) is 11.8 Å². The normalized spacial score (nSPS) is 11.4. The molecule has 0 unspecified atom stereocenters. The van der Waals surface area contributed by atoms with Gasteiger partial charge in [0.15, 0.2) is 18.1 Å². The van der Waals surface area contributed by atoms with Crippen LogP contribution in [-0.2, 0) is 11.0 Å². The fraction of sp³-hybridized carbons (Fsp3) is 0.350. The molecular weight excluding hydrogens is 431 g/mol. The van der Waals surface area contributed by atoms with E-state index in [-0.39, 0.29) is 23.7 Å².